The van der Waals surface area contributed by atoms with Crippen LogP contribution in [0.4, 0.5) is 0 Å². The molecule has 0 bridgehead atoms. The predicted molar refractivity (Wildman–Crippen MR) is 66.2 cm³/mol. The van der Waals surface area contributed by atoms with E-state index in [1.165, 1.54) is 0 Å². The largest absolute Gasteiger partial charge is 0.467 e. The number of carbonyl (C=O) groups is 1. The van der Waals surface area contributed by atoms with E-state index in [0.29, 0.717) is 6.42 Å². The highest BCUT2D eigenvalue weighted by molar-refractivity contribution is 7.98. The second-order valence-corrected chi connectivity index (χ2v) is 4.62. The van der Waals surface area contributed by atoms with Crippen molar-refractivity contribution in [1.82, 2.24) is 5.32 Å². The second-order valence-electron chi connectivity index (χ2n) is 3.63. The summed E-state index contributed by atoms with van der Waals surface area (Å²) in [5.41, 5.74) is 5.75. The molecule has 1 amide bonds. The van der Waals surface area contributed by atoms with Crippen LogP contribution < -0.4 is 11.1 Å². The van der Waals surface area contributed by atoms with Gasteiger partial charge >= 0.3 is 0 Å². The van der Waals surface area contributed by atoms with Gasteiger partial charge in [-0.2, -0.15) is 11.8 Å². The molecule has 0 fully saturated rings. The van der Waals surface area contributed by atoms with E-state index in [1.807, 2.05) is 19.2 Å². The van der Waals surface area contributed by atoms with Gasteiger partial charge in [-0.25, -0.2) is 0 Å². The predicted octanol–water partition coefficient (Wildman–Crippen LogP) is 1.54. The maximum absolute atomic E-state index is 11.7. The van der Waals surface area contributed by atoms with Gasteiger partial charge < -0.3 is 15.5 Å². The molecule has 0 saturated heterocycles. The fourth-order valence-corrected chi connectivity index (χ4v) is 1.79. The molecule has 0 aliphatic heterocycles. The lowest BCUT2D eigenvalue weighted by atomic mass is 10.2. The summed E-state index contributed by atoms with van der Waals surface area (Å²) in [5.74, 6) is 1.51. The molecule has 1 aromatic heterocycles. The second kappa shape index (κ2) is 6.60. The molecule has 2 atom stereocenters. The Balaban J connectivity index is 2.39. The Bertz CT molecular complexity index is 314. The molecule has 4 nitrogen and oxygen atoms in total. The molecular formula is C11H18N2O2S. The highest BCUT2D eigenvalue weighted by Gasteiger charge is 2.17. The first kappa shape index (κ1) is 13.1. The number of amides is 1. The Morgan fingerprint density at radius 2 is 2.44 bits per heavy atom. The SMILES string of the molecule is CSCC[C@H](N)C(=O)N[C@@H](C)c1ccco1. The Hall–Kier alpha value is -0.940. The van der Waals surface area contributed by atoms with Crippen LogP contribution in [0, 0.1) is 0 Å². The van der Waals surface area contributed by atoms with E-state index in [2.05, 4.69) is 5.32 Å². The lowest BCUT2D eigenvalue weighted by Gasteiger charge is -2.15. The number of furan rings is 1. The number of hydrogen-bond acceptors (Lipinski definition) is 4. The van der Waals surface area contributed by atoms with Crippen molar-refractivity contribution >= 4 is 17.7 Å². The molecule has 90 valence electrons. The van der Waals surface area contributed by atoms with Crippen LogP contribution in [0.3, 0.4) is 0 Å². The zero-order chi connectivity index (χ0) is 12.0. The quantitative estimate of drug-likeness (QED) is 0.794. The molecule has 1 heterocycles. The minimum absolute atomic E-state index is 0.127. The van der Waals surface area contributed by atoms with Gasteiger partial charge in [0.15, 0.2) is 0 Å². The Labute approximate surface area is 100.0 Å². The third-order valence-corrected chi connectivity index (χ3v) is 2.94. The minimum atomic E-state index is -0.440. The summed E-state index contributed by atoms with van der Waals surface area (Å²) in [6.45, 7) is 1.87. The molecule has 0 aromatic carbocycles. The average molecular weight is 242 g/mol. The van der Waals surface area contributed by atoms with Crippen LogP contribution in [0.25, 0.3) is 0 Å². The highest BCUT2D eigenvalue weighted by atomic mass is 32.2. The molecule has 0 radical (unpaired) electrons. The van der Waals surface area contributed by atoms with Gasteiger partial charge in [0, 0.05) is 0 Å². The standard InChI is InChI=1S/C11H18N2O2S/c1-8(10-4-3-6-15-10)13-11(14)9(12)5-7-16-2/h3-4,6,8-9H,5,7,12H2,1-2H3,(H,13,14)/t8-,9-/m0/s1. The summed E-state index contributed by atoms with van der Waals surface area (Å²) in [4.78, 5) is 11.7. The first-order valence-corrected chi connectivity index (χ1v) is 6.63. The van der Waals surface area contributed by atoms with E-state index >= 15 is 0 Å². The van der Waals surface area contributed by atoms with Crippen molar-refractivity contribution in [3.05, 3.63) is 24.2 Å². The third kappa shape index (κ3) is 3.90. The monoisotopic (exact) mass is 242 g/mol. The van der Waals surface area contributed by atoms with Gasteiger partial charge in [-0.1, -0.05) is 0 Å². The Morgan fingerprint density at radius 3 is 3.00 bits per heavy atom. The first-order chi connectivity index (χ1) is 7.65. The molecule has 0 saturated carbocycles. The normalized spacial score (nSPS) is 14.4. The van der Waals surface area contributed by atoms with Crippen molar-refractivity contribution in [2.75, 3.05) is 12.0 Å². The first-order valence-electron chi connectivity index (χ1n) is 5.23. The van der Waals surface area contributed by atoms with E-state index in [4.69, 9.17) is 10.2 Å². The third-order valence-electron chi connectivity index (χ3n) is 2.30. The van der Waals surface area contributed by atoms with E-state index in [-0.39, 0.29) is 11.9 Å². The van der Waals surface area contributed by atoms with Crippen molar-refractivity contribution in [2.45, 2.75) is 25.4 Å². The van der Waals surface area contributed by atoms with Crippen LogP contribution in [0.15, 0.2) is 22.8 Å². The smallest absolute Gasteiger partial charge is 0.237 e. The summed E-state index contributed by atoms with van der Waals surface area (Å²) in [7, 11) is 0. The Kier molecular flexibility index (Phi) is 5.42. The highest BCUT2D eigenvalue weighted by Crippen LogP contribution is 2.12. The fraction of sp³-hybridized carbons (Fsp3) is 0.545. The van der Waals surface area contributed by atoms with Crippen LogP contribution in [0.5, 0.6) is 0 Å². The van der Waals surface area contributed by atoms with E-state index in [9.17, 15) is 4.79 Å². The number of nitrogens with two attached hydrogens (primary N) is 1. The minimum Gasteiger partial charge on any atom is -0.467 e. The summed E-state index contributed by atoms with van der Waals surface area (Å²) >= 11 is 1.69. The van der Waals surface area contributed by atoms with Gasteiger partial charge in [-0.15, -0.1) is 0 Å². The molecule has 5 heteroatoms. The topological polar surface area (TPSA) is 68.3 Å². The lowest BCUT2D eigenvalue weighted by Crippen LogP contribution is -2.41. The van der Waals surface area contributed by atoms with Gasteiger partial charge in [0.1, 0.15) is 5.76 Å². The van der Waals surface area contributed by atoms with Crippen molar-refractivity contribution in [2.24, 2.45) is 5.73 Å². The molecular weight excluding hydrogens is 224 g/mol. The van der Waals surface area contributed by atoms with Crippen LogP contribution in [0.2, 0.25) is 0 Å². The summed E-state index contributed by atoms with van der Waals surface area (Å²) in [6.07, 6.45) is 4.28. The van der Waals surface area contributed by atoms with Crippen molar-refractivity contribution in [3.63, 3.8) is 0 Å². The van der Waals surface area contributed by atoms with Crippen molar-refractivity contribution < 1.29 is 9.21 Å². The molecule has 3 N–H and O–H groups in total. The van der Waals surface area contributed by atoms with Gasteiger partial charge in [0.05, 0.1) is 18.3 Å². The number of carbonyl (C=O) groups excluding carboxylic acids is 1. The number of rotatable bonds is 6. The van der Waals surface area contributed by atoms with E-state index < -0.39 is 6.04 Å². The van der Waals surface area contributed by atoms with Crippen molar-refractivity contribution in [1.29, 1.82) is 0 Å². The van der Waals surface area contributed by atoms with Gasteiger partial charge in [0.25, 0.3) is 0 Å². The van der Waals surface area contributed by atoms with E-state index in [1.54, 1.807) is 24.1 Å². The number of nitrogens with one attached hydrogen (secondary N) is 1. The molecule has 0 aliphatic rings. The van der Waals surface area contributed by atoms with Gasteiger partial charge in [-0.05, 0) is 37.5 Å². The number of hydrogen-bond donors (Lipinski definition) is 2. The molecule has 16 heavy (non-hydrogen) atoms. The number of thioether (sulfide) groups is 1. The molecule has 0 aliphatic carbocycles. The maximum atomic E-state index is 11.7. The Morgan fingerprint density at radius 1 is 1.69 bits per heavy atom. The summed E-state index contributed by atoms with van der Waals surface area (Å²) < 4.78 is 5.20. The van der Waals surface area contributed by atoms with E-state index in [0.717, 1.165) is 11.5 Å². The molecule has 0 unspecified atom stereocenters. The van der Waals surface area contributed by atoms with Crippen LogP contribution >= 0.6 is 11.8 Å². The van der Waals surface area contributed by atoms with Gasteiger partial charge in [0.2, 0.25) is 5.91 Å². The lowest BCUT2D eigenvalue weighted by molar-refractivity contribution is -0.123. The zero-order valence-corrected chi connectivity index (χ0v) is 10.4. The van der Waals surface area contributed by atoms with Gasteiger partial charge in [-0.3, -0.25) is 4.79 Å². The summed E-state index contributed by atoms with van der Waals surface area (Å²) in [6, 6.07) is 3.05. The van der Waals surface area contributed by atoms with Crippen molar-refractivity contribution in [3.8, 4) is 0 Å². The maximum Gasteiger partial charge on any atom is 0.237 e. The van der Waals surface area contributed by atoms with Crippen LogP contribution in [-0.4, -0.2) is 24.0 Å². The van der Waals surface area contributed by atoms with Crippen LogP contribution in [0.1, 0.15) is 25.1 Å². The zero-order valence-electron chi connectivity index (χ0n) is 9.60. The molecule has 0 spiro atoms. The van der Waals surface area contributed by atoms with Crippen LogP contribution in [-0.2, 0) is 4.79 Å². The summed E-state index contributed by atoms with van der Waals surface area (Å²) in [5, 5.41) is 2.82. The average Bonchev–Trinajstić information content (AvgIpc) is 2.79. The molecule has 1 aromatic rings. The fourth-order valence-electron chi connectivity index (χ4n) is 1.31. The molecule has 1 rings (SSSR count).